The maximum Gasteiger partial charge on any atom is 0.341 e. The first-order valence-electron chi connectivity index (χ1n) is 11.2. The summed E-state index contributed by atoms with van der Waals surface area (Å²) in [5, 5.41) is 5.20. The van der Waals surface area contributed by atoms with Gasteiger partial charge in [0.25, 0.3) is 5.91 Å². The molecule has 180 valence electrons. The summed E-state index contributed by atoms with van der Waals surface area (Å²) in [6.07, 6.45) is 0. The molecule has 2 aromatic carbocycles. The van der Waals surface area contributed by atoms with Gasteiger partial charge in [-0.25, -0.2) is 4.79 Å². The van der Waals surface area contributed by atoms with Crippen LogP contribution >= 0.6 is 27.3 Å². The number of anilines is 1. The Kier molecular flexibility index (Phi) is 8.55. The lowest BCUT2D eigenvalue weighted by atomic mass is 9.97. The highest BCUT2D eigenvalue weighted by atomic mass is 79.9. The van der Waals surface area contributed by atoms with Gasteiger partial charge in [-0.1, -0.05) is 53.5 Å². The first-order valence-corrected chi connectivity index (χ1v) is 12.9. The van der Waals surface area contributed by atoms with Crippen molar-refractivity contribution in [3.05, 3.63) is 68.0 Å². The van der Waals surface area contributed by atoms with Gasteiger partial charge in [-0.15, -0.1) is 11.3 Å². The third-order valence-corrected chi connectivity index (χ3v) is 7.22. The second kappa shape index (κ2) is 11.2. The first kappa shape index (κ1) is 26.0. The van der Waals surface area contributed by atoms with Crippen LogP contribution in [-0.2, 0) is 9.53 Å². The summed E-state index contributed by atoms with van der Waals surface area (Å²) >= 11 is 4.87. The molecular formula is C27H30BrNO4S. The molecule has 0 radical (unpaired) electrons. The van der Waals surface area contributed by atoms with Gasteiger partial charge in [-0.3, -0.25) is 4.79 Å². The van der Waals surface area contributed by atoms with Gasteiger partial charge in [0, 0.05) is 15.4 Å². The van der Waals surface area contributed by atoms with Crippen molar-refractivity contribution in [2.24, 2.45) is 0 Å². The van der Waals surface area contributed by atoms with E-state index in [1.165, 1.54) is 11.3 Å². The highest BCUT2D eigenvalue weighted by Crippen LogP contribution is 2.38. The van der Waals surface area contributed by atoms with E-state index in [1.54, 1.807) is 6.92 Å². The lowest BCUT2D eigenvalue weighted by Crippen LogP contribution is -2.21. The highest BCUT2D eigenvalue weighted by molar-refractivity contribution is 9.10. The van der Waals surface area contributed by atoms with E-state index in [9.17, 15) is 9.59 Å². The summed E-state index contributed by atoms with van der Waals surface area (Å²) in [5.74, 6) is 0.122. The number of esters is 1. The van der Waals surface area contributed by atoms with E-state index in [-0.39, 0.29) is 25.0 Å². The summed E-state index contributed by atoms with van der Waals surface area (Å²) in [6.45, 7) is 12.0. The molecule has 1 N–H and O–H groups in total. The number of rotatable bonds is 8. The SMILES string of the molecule is CCOC(=O)c1c(-c2ccc(C)cc2C)csc1NC(=O)COc1cc(C)c(Br)cc1C(C)C. The maximum absolute atomic E-state index is 12.8. The van der Waals surface area contributed by atoms with Crippen molar-refractivity contribution in [3.8, 4) is 16.9 Å². The Hall–Kier alpha value is -2.64. The minimum Gasteiger partial charge on any atom is -0.483 e. The number of thiophene rings is 1. The normalized spacial score (nSPS) is 10.9. The van der Waals surface area contributed by atoms with Crippen LogP contribution in [0, 0.1) is 20.8 Å². The molecule has 7 heteroatoms. The van der Waals surface area contributed by atoms with Crippen LogP contribution in [0.3, 0.4) is 0 Å². The van der Waals surface area contributed by atoms with Crippen molar-refractivity contribution in [1.29, 1.82) is 0 Å². The molecule has 3 aromatic rings. The van der Waals surface area contributed by atoms with Crippen molar-refractivity contribution >= 4 is 44.1 Å². The number of ether oxygens (including phenoxy) is 2. The Balaban J connectivity index is 1.85. The molecule has 0 saturated heterocycles. The predicted octanol–water partition coefficient (Wildman–Crippen LogP) is 7.42. The van der Waals surface area contributed by atoms with Crippen LogP contribution in [0.1, 0.15) is 59.3 Å². The largest absolute Gasteiger partial charge is 0.483 e. The van der Waals surface area contributed by atoms with E-state index in [2.05, 4.69) is 41.2 Å². The van der Waals surface area contributed by atoms with E-state index >= 15 is 0 Å². The fourth-order valence-corrected chi connectivity index (χ4v) is 5.05. The van der Waals surface area contributed by atoms with Crippen LogP contribution in [0.5, 0.6) is 5.75 Å². The van der Waals surface area contributed by atoms with Gasteiger partial charge >= 0.3 is 5.97 Å². The molecule has 0 unspecified atom stereocenters. The maximum atomic E-state index is 12.8. The third-order valence-electron chi connectivity index (χ3n) is 5.47. The fourth-order valence-electron chi connectivity index (χ4n) is 3.72. The molecule has 0 saturated carbocycles. The first-order chi connectivity index (χ1) is 16.1. The standard InChI is InChI=1S/C27H30BrNO4S/c1-7-32-27(31)25-21(19-9-8-16(4)10-17(19)5)14-34-26(25)29-24(30)13-33-23-11-18(6)22(28)12-20(23)15(2)3/h8-12,14-15H,7,13H2,1-6H3,(H,29,30). The minimum atomic E-state index is -0.458. The fraction of sp³-hybridized carbons (Fsp3) is 0.333. The quantitative estimate of drug-likeness (QED) is 0.300. The molecule has 0 atom stereocenters. The Bertz CT molecular complexity index is 1220. The van der Waals surface area contributed by atoms with E-state index in [1.807, 2.05) is 50.4 Å². The van der Waals surface area contributed by atoms with Gasteiger partial charge in [-0.2, -0.15) is 0 Å². The number of hydrogen-bond donors (Lipinski definition) is 1. The average Bonchev–Trinajstić information content (AvgIpc) is 3.17. The zero-order valence-electron chi connectivity index (χ0n) is 20.4. The minimum absolute atomic E-state index is 0.167. The van der Waals surface area contributed by atoms with Crippen molar-refractivity contribution in [3.63, 3.8) is 0 Å². The van der Waals surface area contributed by atoms with Crippen LogP contribution in [0.15, 0.2) is 40.2 Å². The summed E-state index contributed by atoms with van der Waals surface area (Å²) in [4.78, 5) is 25.7. The van der Waals surface area contributed by atoms with E-state index in [0.29, 0.717) is 16.3 Å². The number of carbonyl (C=O) groups excluding carboxylic acids is 2. The number of halogens is 1. The second-order valence-electron chi connectivity index (χ2n) is 8.52. The molecule has 34 heavy (non-hydrogen) atoms. The van der Waals surface area contributed by atoms with E-state index in [4.69, 9.17) is 9.47 Å². The monoisotopic (exact) mass is 543 g/mol. The number of amides is 1. The van der Waals surface area contributed by atoms with Crippen molar-refractivity contribution in [2.75, 3.05) is 18.5 Å². The Morgan fingerprint density at radius 1 is 1.06 bits per heavy atom. The topological polar surface area (TPSA) is 64.6 Å². The summed E-state index contributed by atoms with van der Waals surface area (Å²) < 4.78 is 12.2. The van der Waals surface area contributed by atoms with Gasteiger partial charge < -0.3 is 14.8 Å². The predicted molar refractivity (Wildman–Crippen MR) is 142 cm³/mol. The van der Waals surface area contributed by atoms with Gasteiger partial charge in [0.1, 0.15) is 16.3 Å². The van der Waals surface area contributed by atoms with E-state index in [0.717, 1.165) is 37.9 Å². The summed E-state index contributed by atoms with van der Waals surface area (Å²) in [5.41, 5.74) is 6.30. The lowest BCUT2D eigenvalue weighted by molar-refractivity contribution is -0.118. The molecule has 0 fully saturated rings. The van der Waals surface area contributed by atoms with Crippen LogP contribution in [-0.4, -0.2) is 25.1 Å². The molecule has 0 bridgehead atoms. The van der Waals surface area contributed by atoms with Crippen molar-refractivity contribution < 1.29 is 19.1 Å². The lowest BCUT2D eigenvalue weighted by Gasteiger charge is -2.16. The smallest absolute Gasteiger partial charge is 0.341 e. The van der Waals surface area contributed by atoms with Gasteiger partial charge in [-0.05, 0) is 68.0 Å². The highest BCUT2D eigenvalue weighted by Gasteiger charge is 2.24. The second-order valence-corrected chi connectivity index (χ2v) is 10.3. The van der Waals surface area contributed by atoms with Gasteiger partial charge in [0.15, 0.2) is 6.61 Å². The summed E-state index contributed by atoms with van der Waals surface area (Å²) in [7, 11) is 0. The molecule has 1 aromatic heterocycles. The molecular weight excluding hydrogens is 514 g/mol. The number of benzene rings is 2. The molecule has 1 amide bonds. The molecule has 3 rings (SSSR count). The Morgan fingerprint density at radius 3 is 2.44 bits per heavy atom. The van der Waals surface area contributed by atoms with Gasteiger partial charge in [0.2, 0.25) is 0 Å². The zero-order valence-corrected chi connectivity index (χ0v) is 22.8. The zero-order chi connectivity index (χ0) is 25.0. The van der Waals surface area contributed by atoms with E-state index < -0.39 is 5.97 Å². The van der Waals surface area contributed by atoms with Crippen LogP contribution in [0.4, 0.5) is 5.00 Å². The van der Waals surface area contributed by atoms with Crippen LogP contribution in [0.2, 0.25) is 0 Å². The van der Waals surface area contributed by atoms with Crippen LogP contribution < -0.4 is 10.1 Å². The molecule has 0 aliphatic heterocycles. The Morgan fingerprint density at radius 2 is 1.79 bits per heavy atom. The van der Waals surface area contributed by atoms with Crippen molar-refractivity contribution in [1.82, 2.24) is 0 Å². The van der Waals surface area contributed by atoms with Crippen LogP contribution in [0.25, 0.3) is 11.1 Å². The summed E-state index contributed by atoms with van der Waals surface area (Å²) in [6, 6.07) is 10.0. The number of nitrogens with one attached hydrogen (secondary N) is 1. The molecule has 0 aliphatic rings. The van der Waals surface area contributed by atoms with Gasteiger partial charge in [0.05, 0.1) is 6.61 Å². The Labute approximate surface area is 213 Å². The number of aryl methyl sites for hydroxylation is 3. The third kappa shape index (κ3) is 5.88. The average molecular weight is 545 g/mol. The van der Waals surface area contributed by atoms with Crippen molar-refractivity contribution in [2.45, 2.75) is 47.5 Å². The molecule has 1 heterocycles. The molecule has 5 nitrogen and oxygen atoms in total. The molecule has 0 aliphatic carbocycles. The number of carbonyl (C=O) groups is 2. The molecule has 0 spiro atoms. The number of hydrogen-bond acceptors (Lipinski definition) is 5.